The molecule has 3 nitrogen and oxygen atoms in total. The number of benzene rings is 6. The van der Waals surface area contributed by atoms with Gasteiger partial charge in [0, 0.05) is 144 Å². The van der Waals surface area contributed by atoms with Crippen LogP contribution >= 0.6 is 126 Å². The molecule has 0 aromatic heterocycles. The second-order valence-electron chi connectivity index (χ2n) is 39.0. The first-order valence-electron chi connectivity index (χ1n) is 42.8. The van der Waals surface area contributed by atoms with Gasteiger partial charge in [-0.2, -0.15) is 94.1 Å². The van der Waals surface area contributed by atoms with E-state index in [2.05, 4.69) is 439 Å². The molecule has 6 aliphatic carbocycles. The summed E-state index contributed by atoms with van der Waals surface area (Å²) in [6.45, 7) is 55.7. The van der Waals surface area contributed by atoms with Crippen LogP contribution in [0.1, 0.15) is 186 Å². The molecule has 0 bridgehead atoms. The molecule has 4 saturated heterocycles. The molecule has 13 aliphatic rings. The minimum atomic E-state index is -0.0788. The van der Waals surface area contributed by atoms with E-state index in [0.717, 1.165) is 113 Å². The lowest BCUT2D eigenvalue weighted by Crippen LogP contribution is -2.72. The Morgan fingerprint density at radius 1 is 0.227 bits per heavy atom. The Morgan fingerprint density at radius 3 is 0.618 bits per heavy atom. The molecular formula is C97H127Br2N3S8. The standard InChI is InChI=1S/C56H70N2S4.C26H42Br2S4.C15H15N/c1-29-30(2)34(6)48-47(33(29)5)59-51-45(57-41-25-17-13-21-37(41)55(9,10)38-22-14-18-26-42(38)57)53-54(62-50-36(8)32(4)31(3)35(7)49(50)61-53)46(52(51)60-48)58-43-27-19-15-23-39(43)56(11,12)40-24-16-20-28-44(40)58;1-9-10(2)14(6)20-19(13(9)5)29-23-17(27)25-26(18(28)24(23)30-20)32-22-16(8)12(4)11(3)15(7)21(22)31-25;1-15(2)11-7-3-5-9-13(11)16-14-10-6-4-8-12(14)15/h13-36,45-54H,1-12H3;9-26H,1-8H3;3-10,16H,1-2H3. The Morgan fingerprint density at radius 2 is 0.400 bits per heavy atom. The number of hydrogen-bond donors (Lipinski definition) is 1. The van der Waals surface area contributed by atoms with E-state index in [9.17, 15) is 0 Å². The number of rotatable bonds is 2. The van der Waals surface area contributed by atoms with Crippen LogP contribution in [-0.2, 0) is 16.2 Å². The van der Waals surface area contributed by atoms with Crippen LogP contribution in [0, 0.1) is 94.7 Å². The maximum absolute atomic E-state index is 4.37. The minimum Gasteiger partial charge on any atom is -0.355 e. The van der Waals surface area contributed by atoms with E-state index < -0.39 is 0 Å². The molecule has 32 atom stereocenters. The summed E-state index contributed by atoms with van der Waals surface area (Å²) in [6.07, 6.45) is 0. The monoisotopic (exact) mass is 1750 g/mol. The Labute approximate surface area is 716 Å². The van der Waals surface area contributed by atoms with Gasteiger partial charge >= 0.3 is 0 Å². The van der Waals surface area contributed by atoms with E-state index in [1.165, 1.54) is 67.5 Å². The largest absolute Gasteiger partial charge is 0.355 e. The quantitative estimate of drug-likeness (QED) is 0.167. The summed E-state index contributed by atoms with van der Waals surface area (Å²) in [5, 5.41) is 14.0. The fraction of sp³-hybridized carbons (Fsp3) is 0.629. The molecule has 0 spiro atoms. The van der Waals surface area contributed by atoms with Crippen molar-refractivity contribution in [3.05, 3.63) is 179 Å². The van der Waals surface area contributed by atoms with Gasteiger partial charge in [0.25, 0.3) is 0 Å². The molecule has 6 aromatic carbocycles. The highest BCUT2D eigenvalue weighted by Gasteiger charge is 2.67. The molecule has 6 saturated carbocycles. The van der Waals surface area contributed by atoms with Gasteiger partial charge in [0.15, 0.2) is 0 Å². The summed E-state index contributed by atoms with van der Waals surface area (Å²) in [4.78, 5) is 7.24. The molecule has 7 heterocycles. The van der Waals surface area contributed by atoms with Gasteiger partial charge in [0.1, 0.15) is 0 Å². The Balaban J connectivity index is 0.000000151. The summed E-state index contributed by atoms with van der Waals surface area (Å²) >= 11 is 28.2. The topological polar surface area (TPSA) is 18.5 Å². The van der Waals surface area contributed by atoms with Gasteiger partial charge in [-0.05, 0) is 164 Å². The lowest BCUT2D eigenvalue weighted by Gasteiger charge is -2.66. The zero-order chi connectivity index (χ0) is 77.7. The lowest BCUT2D eigenvalue weighted by atomic mass is 9.68. The summed E-state index contributed by atoms with van der Waals surface area (Å²) in [7, 11) is 0. The molecule has 32 unspecified atom stereocenters. The number of fused-ring (bicyclic) bond motifs is 14. The van der Waals surface area contributed by atoms with E-state index in [1.807, 2.05) is 0 Å². The maximum atomic E-state index is 4.37. The molecular weight excluding hydrogens is 1620 g/mol. The van der Waals surface area contributed by atoms with Crippen molar-refractivity contribution in [2.75, 3.05) is 15.1 Å². The number of alkyl halides is 2. The maximum Gasteiger partial charge on any atom is 0.0603 e. The molecule has 1 N–H and O–H groups in total. The second kappa shape index (κ2) is 30.6. The van der Waals surface area contributed by atoms with Crippen LogP contribution < -0.4 is 15.1 Å². The van der Waals surface area contributed by atoms with Crippen molar-refractivity contribution in [2.24, 2.45) is 94.7 Å². The van der Waals surface area contributed by atoms with Crippen molar-refractivity contribution in [3.8, 4) is 0 Å². The molecule has 7 aliphatic heterocycles. The molecule has 6 aromatic rings. The van der Waals surface area contributed by atoms with Crippen LogP contribution in [0.25, 0.3) is 0 Å². The highest BCUT2D eigenvalue weighted by atomic mass is 79.9. The third-order valence-electron chi connectivity index (χ3n) is 33.2. The smallest absolute Gasteiger partial charge is 0.0603 e. The molecule has 13 heteroatoms. The second-order valence-corrected chi connectivity index (χ2v) is 52.0. The third kappa shape index (κ3) is 12.8. The Hall–Kier alpha value is -1.52. The molecule has 592 valence electrons. The zero-order valence-electron chi connectivity index (χ0n) is 69.6. The number of halogens is 2. The van der Waals surface area contributed by atoms with Gasteiger partial charge in [0.2, 0.25) is 0 Å². The molecule has 0 amide bonds. The van der Waals surface area contributed by atoms with Crippen LogP contribution in [-0.4, -0.2) is 106 Å². The molecule has 19 rings (SSSR count). The predicted octanol–water partition coefficient (Wildman–Crippen LogP) is 27.3. The first kappa shape index (κ1) is 80.9. The minimum absolute atomic E-state index is 0.0788. The fourth-order valence-corrected chi connectivity index (χ4v) is 47.2. The first-order chi connectivity index (χ1) is 52.4. The van der Waals surface area contributed by atoms with Gasteiger partial charge in [-0.25, -0.2) is 0 Å². The predicted molar refractivity (Wildman–Crippen MR) is 504 cm³/mol. The van der Waals surface area contributed by atoms with Crippen molar-refractivity contribution >= 4 is 160 Å². The van der Waals surface area contributed by atoms with Crippen molar-refractivity contribution in [1.82, 2.24) is 0 Å². The van der Waals surface area contributed by atoms with Crippen LogP contribution in [0.3, 0.4) is 0 Å². The van der Waals surface area contributed by atoms with Gasteiger partial charge in [0.05, 0.1) is 12.1 Å². The highest BCUT2D eigenvalue weighted by Crippen LogP contribution is 2.70. The number of thioether (sulfide) groups is 8. The highest BCUT2D eigenvalue weighted by molar-refractivity contribution is 9.10. The van der Waals surface area contributed by atoms with E-state index in [-0.39, 0.29) is 16.2 Å². The first-order valence-corrected chi connectivity index (χ1v) is 52.2. The molecule has 110 heavy (non-hydrogen) atoms. The van der Waals surface area contributed by atoms with Gasteiger partial charge in [-0.15, -0.1) is 0 Å². The van der Waals surface area contributed by atoms with E-state index >= 15 is 0 Å². The zero-order valence-corrected chi connectivity index (χ0v) is 79.3. The summed E-state index contributed by atoms with van der Waals surface area (Å²) in [6, 6.07) is 56.1. The number of nitrogens with one attached hydrogen (secondary N) is 1. The SMILES string of the molecule is CC1(C)c2ccccc2Nc2ccccc21.CC1C(C)C(C)C2SC3C(Br)C4SC5C(C)C(C)C(C)C(C)C5SC4C(Br)C3SC2C1C.CC1C(C)C(C)C2SC3C(SC2C1C)C(N1c2ccccc2C(C)(C)c2ccccc21)C1SC2C(C)C(C)C(C)C(C)C2SC1C3N1c2ccccc2C(C)(C)c2ccccc21. The Bertz CT molecular complexity index is 3880. The number of anilines is 6. The van der Waals surface area contributed by atoms with Crippen LogP contribution in [0.5, 0.6) is 0 Å². The molecule has 0 radical (unpaired) electrons. The average molecular weight is 1750 g/mol. The van der Waals surface area contributed by atoms with E-state index in [0.29, 0.717) is 87.4 Å². The Kier molecular flexibility index (Phi) is 22.5. The average Bonchev–Trinajstić information content (AvgIpc) is 0.686. The number of nitrogens with zero attached hydrogens (tertiary/aromatic N) is 2. The summed E-state index contributed by atoms with van der Waals surface area (Å²) in [5.74, 6) is 12.3. The fourth-order valence-electron chi connectivity index (χ4n) is 24.4. The van der Waals surface area contributed by atoms with Crippen LogP contribution in [0.15, 0.2) is 146 Å². The normalized spacial score (nSPS) is 44.9. The van der Waals surface area contributed by atoms with E-state index in [4.69, 9.17) is 0 Å². The van der Waals surface area contributed by atoms with E-state index in [1.54, 1.807) is 0 Å². The van der Waals surface area contributed by atoms with Gasteiger partial charge < -0.3 is 15.1 Å². The summed E-state index contributed by atoms with van der Waals surface area (Å²) in [5.41, 5.74) is 16.9. The van der Waals surface area contributed by atoms with Gasteiger partial charge in [-0.3, -0.25) is 0 Å². The lowest BCUT2D eigenvalue weighted by molar-refractivity contribution is 0.146. The number of para-hydroxylation sites is 6. The van der Waals surface area contributed by atoms with Crippen molar-refractivity contribution in [1.29, 1.82) is 0 Å². The van der Waals surface area contributed by atoms with Crippen LogP contribution in [0.4, 0.5) is 34.1 Å². The van der Waals surface area contributed by atoms with Crippen molar-refractivity contribution in [2.45, 2.75) is 274 Å². The van der Waals surface area contributed by atoms with Crippen molar-refractivity contribution < 1.29 is 0 Å². The van der Waals surface area contributed by atoms with Crippen LogP contribution in [0.2, 0.25) is 0 Å². The summed E-state index contributed by atoms with van der Waals surface area (Å²) < 4.78 is 0. The molecule has 10 fully saturated rings. The number of hydrogen-bond acceptors (Lipinski definition) is 11. The third-order valence-corrected chi connectivity index (χ3v) is 53.7. The van der Waals surface area contributed by atoms with Crippen molar-refractivity contribution in [3.63, 3.8) is 0 Å². The van der Waals surface area contributed by atoms with Gasteiger partial charge in [-0.1, -0.05) is 293 Å².